The Hall–Kier alpha value is -2.14. The Morgan fingerprint density at radius 1 is 1.14 bits per heavy atom. The molecule has 0 atom stereocenters. The minimum absolute atomic E-state index is 0.948. The highest BCUT2D eigenvalue weighted by molar-refractivity contribution is 5.63. The Balaban J connectivity index is 0.000000847. The second-order valence-corrected chi connectivity index (χ2v) is 5.38. The van der Waals surface area contributed by atoms with E-state index in [-0.39, 0.29) is 0 Å². The quantitative estimate of drug-likeness (QED) is 0.743. The number of imidazole rings is 1. The monoisotopic (exact) mass is 299 g/mol. The van der Waals surface area contributed by atoms with E-state index in [4.69, 9.17) is 0 Å². The van der Waals surface area contributed by atoms with E-state index in [9.17, 15) is 0 Å². The fourth-order valence-corrected chi connectivity index (χ4v) is 2.21. The molecule has 0 N–H and O–H groups in total. The number of nitrogens with zero attached hydrogens (tertiary/aromatic N) is 5. The van der Waals surface area contributed by atoms with Crippen molar-refractivity contribution in [2.75, 3.05) is 20.6 Å². The predicted molar refractivity (Wildman–Crippen MR) is 91.1 cm³/mol. The molecule has 0 radical (unpaired) electrons. The summed E-state index contributed by atoms with van der Waals surface area (Å²) in [5, 5.41) is 4.35. The molecule has 0 fully saturated rings. The van der Waals surface area contributed by atoms with E-state index in [1.54, 1.807) is 0 Å². The molecule has 5 nitrogen and oxygen atoms in total. The molecule has 0 aliphatic carbocycles. The van der Waals surface area contributed by atoms with E-state index >= 15 is 0 Å². The molecule has 0 amide bonds. The van der Waals surface area contributed by atoms with Gasteiger partial charge in [0.25, 0.3) is 0 Å². The molecular formula is C17H25N5. The maximum atomic E-state index is 4.48. The second-order valence-electron chi connectivity index (χ2n) is 5.38. The fraction of sp³-hybridized carbons (Fsp3) is 0.412. The average molecular weight is 299 g/mol. The van der Waals surface area contributed by atoms with Crippen molar-refractivity contribution in [1.82, 2.24) is 24.1 Å². The molecule has 0 spiro atoms. The molecule has 0 saturated carbocycles. The van der Waals surface area contributed by atoms with E-state index < -0.39 is 0 Å². The first kappa shape index (κ1) is 16.2. The third-order valence-corrected chi connectivity index (χ3v) is 3.44. The molecule has 3 aromatic heterocycles. The smallest absolute Gasteiger partial charge is 0.0954 e. The Morgan fingerprint density at radius 2 is 1.91 bits per heavy atom. The van der Waals surface area contributed by atoms with E-state index in [1.165, 1.54) is 5.56 Å². The zero-order valence-corrected chi connectivity index (χ0v) is 14.1. The molecule has 0 unspecified atom stereocenters. The third-order valence-electron chi connectivity index (χ3n) is 3.44. The number of rotatable bonds is 4. The van der Waals surface area contributed by atoms with Crippen LogP contribution in [0, 0.1) is 6.92 Å². The Bertz CT molecular complexity index is 724. The Morgan fingerprint density at radius 3 is 2.64 bits per heavy atom. The van der Waals surface area contributed by atoms with Crippen LogP contribution in [0.15, 0.2) is 37.1 Å². The van der Waals surface area contributed by atoms with Gasteiger partial charge in [-0.05, 0) is 38.7 Å². The van der Waals surface area contributed by atoms with E-state index in [0.29, 0.717) is 0 Å². The number of fused-ring (bicyclic) bond motifs is 1. The maximum Gasteiger partial charge on any atom is 0.0954 e. The van der Waals surface area contributed by atoms with Gasteiger partial charge in [-0.2, -0.15) is 5.10 Å². The minimum atomic E-state index is 0.948. The van der Waals surface area contributed by atoms with Crippen LogP contribution in [0.3, 0.4) is 0 Å². The Kier molecular flexibility index (Phi) is 5.33. The molecule has 3 rings (SSSR count). The highest BCUT2D eigenvalue weighted by Gasteiger charge is 2.05. The van der Waals surface area contributed by atoms with Gasteiger partial charge in [0.2, 0.25) is 0 Å². The lowest BCUT2D eigenvalue weighted by molar-refractivity contribution is 0.384. The van der Waals surface area contributed by atoms with Crippen LogP contribution in [0.4, 0.5) is 0 Å². The summed E-state index contributed by atoms with van der Waals surface area (Å²) in [7, 11) is 4.15. The van der Waals surface area contributed by atoms with Crippen LogP contribution in [0.2, 0.25) is 0 Å². The van der Waals surface area contributed by atoms with Crippen molar-refractivity contribution >= 4 is 5.52 Å². The standard InChI is InChI=1S/C15H19N5.C2H6/c1-12-8-17-20-9-13(4-5-15(12)20)14-10-19(11-16-14)7-6-18(2)3;1-2/h4-5,8-11H,6-7H2,1-3H3;1-2H3. The van der Waals surface area contributed by atoms with Crippen LogP contribution in [-0.4, -0.2) is 44.7 Å². The zero-order chi connectivity index (χ0) is 16.1. The summed E-state index contributed by atoms with van der Waals surface area (Å²) in [5.74, 6) is 0. The van der Waals surface area contributed by atoms with Gasteiger partial charge < -0.3 is 9.47 Å². The lowest BCUT2D eigenvalue weighted by Crippen LogP contribution is -2.17. The molecular weight excluding hydrogens is 274 g/mol. The van der Waals surface area contributed by atoms with Gasteiger partial charge in [-0.25, -0.2) is 9.50 Å². The van der Waals surface area contributed by atoms with E-state index in [1.807, 2.05) is 37.1 Å². The van der Waals surface area contributed by atoms with Crippen molar-refractivity contribution < 1.29 is 0 Å². The number of hydrogen-bond acceptors (Lipinski definition) is 3. The summed E-state index contributed by atoms with van der Waals surface area (Å²) in [6.45, 7) is 8.02. The summed E-state index contributed by atoms with van der Waals surface area (Å²) in [4.78, 5) is 6.65. The van der Waals surface area contributed by atoms with Gasteiger partial charge in [0, 0.05) is 31.0 Å². The van der Waals surface area contributed by atoms with Crippen LogP contribution in [0.25, 0.3) is 16.8 Å². The fourth-order valence-electron chi connectivity index (χ4n) is 2.21. The maximum absolute atomic E-state index is 4.48. The van der Waals surface area contributed by atoms with Gasteiger partial charge in [0.15, 0.2) is 0 Å². The molecule has 0 aromatic carbocycles. The van der Waals surface area contributed by atoms with Gasteiger partial charge in [0.05, 0.1) is 23.7 Å². The molecule has 118 valence electrons. The van der Waals surface area contributed by atoms with Crippen molar-refractivity contribution in [3.63, 3.8) is 0 Å². The number of pyridine rings is 1. The van der Waals surface area contributed by atoms with Crippen LogP contribution >= 0.6 is 0 Å². The highest BCUT2D eigenvalue weighted by atomic mass is 15.2. The van der Waals surface area contributed by atoms with Gasteiger partial charge in [-0.15, -0.1) is 0 Å². The SMILES string of the molecule is CC.Cc1cnn2cc(-c3cn(CCN(C)C)cn3)ccc12. The van der Waals surface area contributed by atoms with Gasteiger partial charge in [0.1, 0.15) is 0 Å². The molecule has 3 heterocycles. The van der Waals surface area contributed by atoms with Crippen molar-refractivity contribution in [3.05, 3.63) is 42.6 Å². The molecule has 22 heavy (non-hydrogen) atoms. The molecule has 3 aromatic rings. The largest absolute Gasteiger partial charge is 0.336 e. The van der Waals surface area contributed by atoms with Crippen molar-refractivity contribution in [2.24, 2.45) is 0 Å². The first-order valence-electron chi connectivity index (χ1n) is 7.74. The van der Waals surface area contributed by atoms with Gasteiger partial charge in [-0.1, -0.05) is 13.8 Å². The van der Waals surface area contributed by atoms with Crippen molar-refractivity contribution in [2.45, 2.75) is 27.3 Å². The number of aryl methyl sites for hydroxylation is 1. The third kappa shape index (κ3) is 3.54. The van der Waals surface area contributed by atoms with Crippen molar-refractivity contribution in [1.29, 1.82) is 0 Å². The van der Waals surface area contributed by atoms with Crippen LogP contribution < -0.4 is 0 Å². The topological polar surface area (TPSA) is 38.4 Å². The highest BCUT2D eigenvalue weighted by Crippen LogP contribution is 2.19. The molecule has 0 saturated heterocycles. The molecule has 5 heteroatoms. The number of hydrogen-bond donors (Lipinski definition) is 0. The lowest BCUT2D eigenvalue weighted by Gasteiger charge is -2.08. The first-order chi connectivity index (χ1) is 10.6. The number of likely N-dealkylation sites (N-methyl/N-ethyl adjacent to an activating group) is 1. The zero-order valence-electron chi connectivity index (χ0n) is 14.1. The first-order valence-corrected chi connectivity index (χ1v) is 7.74. The van der Waals surface area contributed by atoms with Crippen molar-refractivity contribution in [3.8, 4) is 11.3 Å². The predicted octanol–water partition coefficient (Wildman–Crippen LogP) is 3.09. The Labute approximate surface area is 132 Å². The molecule has 0 aliphatic rings. The summed E-state index contributed by atoms with van der Waals surface area (Å²) in [6, 6.07) is 4.19. The normalized spacial score (nSPS) is 10.8. The summed E-state index contributed by atoms with van der Waals surface area (Å²) in [5.41, 5.74) is 4.40. The van der Waals surface area contributed by atoms with Gasteiger partial charge in [-0.3, -0.25) is 0 Å². The van der Waals surface area contributed by atoms with Gasteiger partial charge >= 0.3 is 0 Å². The average Bonchev–Trinajstić information content (AvgIpc) is 3.14. The molecule has 0 aliphatic heterocycles. The van der Waals surface area contributed by atoms with E-state index in [0.717, 1.165) is 29.9 Å². The summed E-state index contributed by atoms with van der Waals surface area (Å²) in [6.07, 6.45) is 7.88. The van der Waals surface area contributed by atoms with Crippen LogP contribution in [0.5, 0.6) is 0 Å². The summed E-state index contributed by atoms with van der Waals surface area (Å²) >= 11 is 0. The second kappa shape index (κ2) is 7.22. The minimum Gasteiger partial charge on any atom is -0.336 e. The summed E-state index contributed by atoms with van der Waals surface area (Å²) < 4.78 is 4.03. The number of aromatic nitrogens is 4. The lowest BCUT2D eigenvalue weighted by atomic mass is 10.2. The van der Waals surface area contributed by atoms with Crippen LogP contribution in [0.1, 0.15) is 19.4 Å². The van der Waals surface area contributed by atoms with E-state index in [2.05, 4.69) is 58.9 Å². The van der Waals surface area contributed by atoms with Crippen LogP contribution in [-0.2, 0) is 6.54 Å². The molecule has 0 bridgehead atoms.